The molecule has 0 saturated carbocycles. The van der Waals surface area contributed by atoms with E-state index < -0.39 is 35.4 Å². The van der Waals surface area contributed by atoms with Crippen LogP contribution < -0.4 is 33.2 Å². The molecule has 14 nitrogen and oxygen atoms in total. The van der Waals surface area contributed by atoms with Crippen molar-refractivity contribution in [2.45, 2.75) is 13.8 Å². The van der Waals surface area contributed by atoms with Gasteiger partial charge in [-0.05, 0) is 86.1 Å². The lowest BCUT2D eigenvalue weighted by atomic mass is 10.1. The minimum atomic E-state index is -1.03. The van der Waals surface area contributed by atoms with Crippen LogP contribution in [0, 0.1) is 6.92 Å². The number of phenols is 2. The third kappa shape index (κ3) is 9.50. The number of ketones is 1. The third-order valence-corrected chi connectivity index (χ3v) is 7.49. The normalized spacial score (nSPS) is 10.5. The number of hydrogen-bond donors (Lipinski definition) is 2. The minimum absolute atomic E-state index is 0.00112. The summed E-state index contributed by atoms with van der Waals surface area (Å²) in [5.74, 6) is -4.35. The standard InChI is InChI=1S/C40H32O14/c1-21-6-24(15-33(7-21)51-40(47)27-13-31(49-4)19-32(14-27)50-5)37(44)53-35-10-23(22(2)41)11-36(20-35)54-39(46)26-9-29(43)18-34(16-26)52-38(45)25-8-28(42)17-30(12-25)48-3/h6-20,42-43H,1-5H3. The number of hydrogen-bond acceptors (Lipinski definition) is 14. The fourth-order valence-corrected chi connectivity index (χ4v) is 4.99. The number of phenolic OH excluding ortho intramolecular Hbond substituents is 2. The summed E-state index contributed by atoms with van der Waals surface area (Å²) in [5, 5.41) is 20.2. The molecular weight excluding hydrogens is 704 g/mol. The van der Waals surface area contributed by atoms with E-state index in [1.807, 2.05) is 0 Å². The van der Waals surface area contributed by atoms with Gasteiger partial charge in [-0.25, -0.2) is 19.2 Å². The van der Waals surface area contributed by atoms with Gasteiger partial charge in [0.15, 0.2) is 5.78 Å². The predicted octanol–water partition coefficient (Wildman–Crippen LogP) is 6.51. The highest BCUT2D eigenvalue weighted by Gasteiger charge is 2.20. The van der Waals surface area contributed by atoms with Gasteiger partial charge in [0.1, 0.15) is 51.7 Å². The van der Waals surface area contributed by atoms with Gasteiger partial charge in [-0.3, -0.25) is 4.79 Å². The van der Waals surface area contributed by atoms with Crippen LogP contribution in [0.2, 0.25) is 0 Å². The van der Waals surface area contributed by atoms with Crippen LogP contribution in [0.3, 0.4) is 0 Å². The number of aromatic hydroxyl groups is 2. The molecular formula is C40H32O14. The molecule has 0 bridgehead atoms. The zero-order chi connectivity index (χ0) is 39.1. The van der Waals surface area contributed by atoms with E-state index in [9.17, 15) is 34.2 Å². The molecule has 0 aliphatic heterocycles. The molecule has 0 saturated heterocycles. The summed E-state index contributed by atoms with van der Waals surface area (Å²) in [6.07, 6.45) is 0. The van der Waals surface area contributed by atoms with Gasteiger partial charge in [0.05, 0.1) is 43.6 Å². The van der Waals surface area contributed by atoms with E-state index in [0.717, 1.165) is 24.3 Å². The van der Waals surface area contributed by atoms with Crippen molar-refractivity contribution in [2.75, 3.05) is 21.3 Å². The van der Waals surface area contributed by atoms with Gasteiger partial charge < -0.3 is 43.4 Å². The first-order valence-corrected chi connectivity index (χ1v) is 15.8. The predicted molar refractivity (Wildman–Crippen MR) is 190 cm³/mol. The summed E-state index contributed by atoms with van der Waals surface area (Å²) >= 11 is 0. The maximum atomic E-state index is 13.3. The quantitative estimate of drug-likeness (QED) is 0.0800. The maximum Gasteiger partial charge on any atom is 0.343 e. The maximum absolute atomic E-state index is 13.3. The second-order valence-electron chi connectivity index (χ2n) is 11.6. The van der Waals surface area contributed by atoms with E-state index in [1.165, 1.54) is 88.9 Å². The molecule has 0 radical (unpaired) electrons. The number of aryl methyl sites for hydroxylation is 1. The SMILES string of the molecule is COc1cc(O)cc(C(=O)Oc2cc(O)cc(C(=O)Oc3cc(OC(=O)c4cc(C)cc(OC(=O)c5cc(OC)cc(OC)c5)c4)cc(C(C)=O)c3)c2)c1. The van der Waals surface area contributed by atoms with Crippen LogP contribution in [0.1, 0.15) is 64.3 Å². The van der Waals surface area contributed by atoms with Crippen molar-refractivity contribution in [1.82, 2.24) is 0 Å². The van der Waals surface area contributed by atoms with E-state index in [4.69, 9.17) is 33.2 Å². The van der Waals surface area contributed by atoms with Gasteiger partial charge in [-0.15, -0.1) is 0 Å². The Kier molecular flexibility index (Phi) is 11.5. The molecule has 5 aromatic rings. The molecule has 5 rings (SSSR count). The molecule has 276 valence electrons. The summed E-state index contributed by atoms with van der Waals surface area (Å²) in [4.78, 5) is 64.6. The van der Waals surface area contributed by atoms with Gasteiger partial charge in [-0.1, -0.05) is 0 Å². The Hall–Kier alpha value is -7.35. The Morgan fingerprint density at radius 1 is 0.389 bits per heavy atom. The molecule has 0 amide bonds. The molecule has 14 heteroatoms. The number of carbonyl (C=O) groups is 5. The lowest BCUT2D eigenvalue weighted by Crippen LogP contribution is -2.13. The average Bonchev–Trinajstić information content (AvgIpc) is 3.13. The molecule has 2 N–H and O–H groups in total. The zero-order valence-electron chi connectivity index (χ0n) is 29.5. The summed E-state index contributed by atoms with van der Waals surface area (Å²) < 4.78 is 37.3. The highest BCUT2D eigenvalue weighted by Crippen LogP contribution is 2.30. The number of ether oxygens (including phenoxy) is 7. The number of methoxy groups -OCH3 is 3. The summed E-state index contributed by atoms with van der Waals surface area (Å²) in [6, 6.07) is 19.6. The minimum Gasteiger partial charge on any atom is -0.508 e. The molecule has 0 aliphatic rings. The molecule has 0 atom stereocenters. The van der Waals surface area contributed by atoms with Crippen LogP contribution in [0.5, 0.6) is 51.7 Å². The van der Waals surface area contributed by atoms with Crippen molar-refractivity contribution in [1.29, 1.82) is 0 Å². The third-order valence-electron chi connectivity index (χ3n) is 7.49. The van der Waals surface area contributed by atoms with Crippen molar-refractivity contribution in [3.05, 3.63) is 124 Å². The highest BCUT2D eigenvalue weighted by atomic mass is 16.6. The summed E-state index contributed by atoms with van der Waals surface area (Å²) in [7, 11) is 4.22. The molecule has 0 fully saturated rings. The smallest absolute Gasteiger partial charge is 0.343 e. The second-order valence-corrected chi connectivity index (χ2v) is 11.6. The van der Waals surface area contributed by atoms with E-state index in [0.29, 0.717) is 17.1 Å². The van der Waals surface area contributed by atoms with Gasteiger partial charge in [-0.2, -0.15) is 0 Å². The van der Waals surface area contributed by atoms with Crippen LogP contribution >= 0.6 is 0 Å². The fraction of sp³-hybridized carbons (Fsp3) is 0.125. The van der Waals surface area contributed by atoms with E-state index in [2.05, 4.69) is 0 Å². The Morgan fingerprint density at radius 3 is 1.11 bits per heavy atom. The zero-order valence-corrected chi connectivity index (χ0v) is 29.5. The second kappa shape index (κ2) is 16.3. The van der Waals surface area contributed by atoms with Crippen molar-refractivity contribution < 1.29 is 67.3 Å². The number of benzene rings is 5. The molecule has 0 aromatic heterocycles. The first-order valence-electron chi connectivity index (χ1n) is 15.8. The monoisotopic (exact) mass is 736 g/mol. The van der Waals surface area contributed by atoms with Crippen molar-refractivity contribution in [3.8, 4) is 51.7 Å². The van der Waals surface area contributed by atoms with Gasteiger partial charge in [0.2, 0.25) is 0 Å². The lowest BCUT2D eigenvalue weighted by molar-refractivity contribution is 0.0707. The topological polar surface area (TPSA) is 190 Å². The van der Waals surface area contributed by atoms with Gasteiger partial charge in [0.25, 0.3) is 0 Å². The first-order chi connectivity index (χ1) is 25.7. The van der Waals surface area contributed by atoms with E-state index in [-0.39, 0.29) is 62.3 Å². The number of esters is 4. The Balaban J connectivity index is 1.33. The molecule has 5 aromatic carbocycles. The number of rotatable bonds is 12. The van der Waals surface area contributed by atoms with Crippen LogP contribution in [0.4, 0.5) is 0 Å². The Morgan fingerprint density at radius 2 is 0.685 bits per heavy atom. The number of carbonyl (C=O) groups excluding carboxylic acids is 5. The van der Waals surface area contributed by atoms with Gasteiger partial charge in [0, 0.05) is 29.8 Å². The fourth-order valence-electron chi connectivity index (χ4n) is 4.99. The highest BCUT2D eigenvalue weighted by molar-refractivity contribution is 5.98. The largest absolute Gasteiger partial charge is 0.508 e. The average molecular weight is 737 g/mol. The van der Waals surface area contributed by atoms with Crippen molar-refractivity contribution >= 4 is 29.7 Å². The number of Topliss-reactive ketones (excluding diaryl/α,β-unsaturated/α-hetero) is 1. The summed E-state index contributed by atoms with van der Waals surface area (Å²) in [5.41, 5.74) is 0.408. The van der Waals surface area contributed by atoms with Crippen LogP contribution in [-0.2, 0) is 0 Å². The van der Waals surface area contributed by atoms with Crippen molar-refractivity contribution in [2.24, 2.45) is 0 Å². The summed E-state index contributed by atoms with van der Waals surface area (Å²) in [6.45, 7) is 2.93. The molecule has 0 unspecified atom stereocenters. The molecule has 0 spiro atoms. The Bertz CT molecular complexity index is 2270. The van der Waals surface area contributed by atoms with E-state index in [1.54, 1.807) is 13.0 Å². The van der Waals surface area contributed by atoms with Crippen LogP contribution in [0.25, 0.3) is 0 Å². The van der Waals surface area contributed by atoms with Crippen LogP contribution in [-0.4, -0.2) is 61.2 Å². The van der Waals surface area contributed by atoms with Gasteiger partial charge >= 0.3 is 23.9 Å². The van der Waals surface area contributed by atoms with Crippen LogP contribution in [0.15, 0.2) is 91.0 Å². The van der Waals surface area contributed by atoms with Crippen molar-refractivity contribution in [3.63, 3.8) is 0 Å². The molecule has 0 aliphatic carbocycles. The lowest BCUT2D eigenvalue weighted by Gasteiger charge is -2.12. The van der Waals surface area contributed by atoms with E-state index >= 15 is 0 Å². The first kappa shape index (κ1) is 37.9. The molecule has 0 heterocycles. The Labute approximate surface area is 308 Å². The molecule has 54 heavy (non-hydrogen) atoms.